The summed E-state index contributed by atoms with van der Waals surface area (Å²) in [6, 6.07) is 0. The van der Waals surface area contributed by atoms with Crippen molar-refractivity contribution in [3.8, 4) is 0 Å². The topological polar surface area (TPSA) is 55.8 Å². The summed E-state index contributed by atoms with van der Waals surface area (Å²) in [4.78, 5) is 24.1. The second-order valence-corrected chi connectivity index (χ2v) is 3.58. The summed E-state index contributed by atoms with van der Waals surface area (Å²) < 4.78 is 9.51. The van der Waals surface area contributed by atoms with E-state index in [1.165, 1.54) is 6.08 Å². The molecule has 0 bridgehead atoms. The Hall–Kier alpha value is -1.62. The first-order chi connectivity index (χ1) is 8.06. The maximum atomic E-state index is 11.1. The Labute approximate surface area is 102 Å². The summed E-state index contributed by atoms with van der Waals surface area (Å²) in [5.41, 5.74) is 0. The van der Waals surface area contributed by atoms with Gasteiger partial charge in [0, 0.05) is 18.7 Å². The molecule has 0 fully saturated rings. The van der Waals surface area contributed by atoms with E-state index in [1.54, 1.807) is 0 Å². The van der Waals surface area contributed by atoms with E-state index in [9.17, 15) is 9.59 Å². The number of ether oxygens (including phenoxy) is 2. The molecular weight excluding hydrogens is 222 g/mol. The lowest BCUT2D eigenvalue weighted by atomic mass is 10.4. The van der Waals surface area contributed by atoms with Gasteiger partial charge in [0.1, 0.15) is 6.61 Å². The minimum atomic E-state index is -0.588. The van der Waals surface area contributed by atoms with E-state index in [0.717, 1.165) is 25.1 Å². The Bertz CT molecular complexity index is 284. The monoisotopic (exact) mass is 241 g/mol. The lowest BCUT2D eigenvalue weighted by molar-refractivity contribution is -0.140. The van der Waals surface area contributed by atoms with Gasteiger partial charge in [0.2, 0.25) is 0 Å². The highest BCUT2D eigenvalue weighted by molar-refractivity contribution is 5.91. The number of nitrogens with zero attached hydrogens (tertiary/aromatic N) is 1. The molecule has 0 saturated heterocycles. The molecule has 0 radical (unpaired) electrons. The van der Waals surface area contributed by atoms with Crippen molar-refractivity contribution in [2.75, 3.05) is 33.9 Å². The SMILES string of the molecule is C=CCOC(=O)C=CC(=O)OCCCN(C)C. The lowest BCUT2D eigenvalue weighted by Gasteiger charge is -2.08. The summed E-state index contributed by atoms with van der Waals surface area (Å²) in [5, 5.41) is 0. The molecule has 0 aliphatic rings. The average Bonchev–Trinajstić information content (AvgIpc) is 2.29. The van der Waals surface area contributed by atoms with Crippen LogP contribution in [0.25, 0.3) is 0 Å². The number of hydrogen-bond acceptors (Lipinski definition) is 5. The van der Waals surface area contributed by atoms with E-state index >= 15 is 0 Å². The van der Waals surface area contributed by atoms with Crippen molar-refractivity contribution in [1.82, 2.24) is 4.90 Å². The zero-order chi connectivity index (χ0) is 13.1. The van der Waals surface area contributed by atoms with Crippen LogP contribution in [0.15, 0.2) is 24.8 Å². The van der Waals surface area contributed by atoms with Gasteiger partial charge in [-0.2, -0.15) is 0 Å². The molecule has 0 saturated carbocycles. The van der Waals surface area contributed by atoms with Gasteiger partial charge in [0.05, 0.1) is 6.61 Å². The maximum absolute atomic E-state index is 11.1. The number of esters is 2. The van der Waals surface area contributed by atoms with Crippen LogP contribution in [0.3, 0.4) is 0 Å². The standard InChI is InChI=1S/C12H19NO4/c1-4-9-16-11(14)6-7-12(15)17-10-5-8-13(2)3/h4,6-7H,1,5,8-10H2,2-3H3. The largest absolute Gasteiger partial charge is 0.462 e. The predicted octanol–water partition coefficient (Wildman–Crippen LogP) is 0.767. The van der Waals surface area contributed by atoms with Gasteiger partial charge in [-0.15, -0.1) is 0 Å². The van der Waals surface area contributed by atoms with E-state index in [1.807, 2.05) is 19.0 Å². The summed E-state index contributed by atoms with van der Waals surface area (Å²) in [7, 11) is 3.88. The van der Waals surface area contributed by atoms with E-state index in [2.05, 4.69) is 11.3 Å². The molecule has 5 heteroatoms. The molecule has 0 rings (SSSR count). The molecule has 0 heterocycles. The van der Waals surface area contributed by atoms with Crippen molar-refractivity contribution < 1.29 is 19.1 Å². The smallest absolute Gasteiger partial charge is 0.331 e. The van der Waals surface area contributed by atoms with Crippen LogP contribution >= 0.6 is 0 Å². The Morgan fingerprint density at radius 2 is 1.76 bits per heavy atom. The molecule has 0 N–H and O–H groups in total. The second kappa shape index (κ2) is 9.59. The number of rotatable bonds is 8. The highest BCUT2D eigenvalue weighted by Gasteiger charge is 2.00. The second-order valence-electron chi connectivity index (χ2n) is 3.58. The molecule has 0 aromatic rings. The zero-order valence-electron chi connectivity index (χ0n) is 10.3. The fourth-order valence-corrected chi connectivity index (χ4v) is 0.927. The molecule has 96 valence electrons. The maximum Gasteiger partial charge on any atom is 0.331 e. The highest BCUT2D eigenvalue weighted by atomic mass is 16.5. The van der Waals surface area contributed by atoms with Gasteiger partial charge in [-0.25, -0.2) is 9.59 Å². The van der Waals surface area contributed by atoms with Crippen molar-refractivity contribution >= 4 is 11.9 Å². The molecule has 0 aliphatic carbocycles. The van der Waals surface area contributed by atoms with Gasteiger partial charge < -0.3 is 14.4 Å². The fourth-order valence-electron chi connectivity index (χ4n) is 0.927. The Morgan fingerprint density at radius 1 is 1.18 bits per heavy atom. The third-order valence-electron chi connectivity index (χ3n) is 1.69. The quantitative estimate of drug-likeness (QED) is 0.272. The first kappa shape index (κ1) is 15.4. The van der Waals surface area contributed by atoms with Crippen molar-refractivity contribution in [3.63, 3.8) is 0 Å². The van der Waals surface area contributed by atoms with Crippen LogP contribution < -0.4 is 0 Å². The third kappa shape index (κ3) is 10.7. The minimum absolute atomic E-state index is 0.126. The van der Waals surface area contributed by atoms with Crippen molar-refractivity contribution in [3.05, 3.63) is 24.8 Å². The van der Waals surface area contributed by atoms with Crippen LogP contribution in [0.5, 0.6) is 0 Å². The van der Waals surface area contributed by atoms with E-state index in [-0.39, 0.29) is 6.61 Å². The van der Waals surface area contributed by atoms with Gasteiger partial charge >= 0.3 is 11.9 Å². The van der Waals surface area contributed by atoms with Crippen molar-refractivity contribution in [2.45, 2.75) is 6.42 Å². The summed E-state index contributed by atoms with van der Waals surface area (Å²) in [6.45, 7) is 4.70. The first-order valence-corrected chi connectivity index (χ1v) is 5.33. The van der Waals surface area contributed by atoms with Crippen LogP contribution in [0.4, 0.5) is 0 Å². The normalized spacial score (nSPS) is 10.5. The molecule has 0 aliphatic heterocycles. The number of carbonyl (C=O) groups excluding carboxylic acids is 2. The highest BCUT2D eigenvalue weighted by Crippen LogP contribution is 1.89. The van der Waals surface area contributed by atoms with Crippen LogP contribution in [0.1, 0.15) is 6.42 Å². The zero-order valence-corrected chi connectivity index (χ0v) is 10.3. The van der Waals surface area contributed by atoms with Crippen molar-refractivity contribution in [2.24, 2.45) is 0 Å². The molecule has 17 heavy (non-hydrogen) atoms. The Kier molecular flexibility index (Phi) is 8.68. The van der Waals surface area contributed by atoms with Crippen molar-refractivity contribution in [1.29, 1.82) is 0 Å². The number of hydrogen-bond donors (Lipinski definition) is 0. The lowest BCUT2D eigenvalue weighted by Crippen LogP contribution is -2.15. The molecule has 0 aromatic carbocycles. The van der Waals surface area contributed by atoms with E-state index in [4.69, 9.17) is 4.74 Å². The van der Waals surface area contributed by atoms with Gasteiger partial charge in [-0.05, 0) is 20.5 Å². The van der Waals surface area contributed by atoms with Gasteiger partial charge in [0.25, 0.3) is 0 Å². The molecule has 0 amide bonds. The molecule has 5 nitrogen and oxygen atoms in total. The van der Waals surface area contributed by atoms with Crippen LogP contribution in [-0.4, -0.2) is 50.7 Å². The fraction of sp³-hybridized carbons (Fsp3) is 0.500. The van der Waals surface area contributed by atoms with Crippen LogP contribution in [-0.2, 0) is 19.1 Å². The van der Waals surface area contributed by atoms with Gasteiger partial charge in [0.15, 0.2) is 0 Å². The summed E-state index contributed by atoms with van der Waals surface area (Å²) in [5.74, 6) is -1.13. The van der Waals surface area contributed by atoms with Gasteiger partial charge in [-0.3, -0.25) is 0 Å². The van der Waals surface area contributed by atoms with E-state index < -0.39 is 11.9 Å². The molecule has 0 aromatic heterocycles. The van der Waals surface area contributed by atoms with Crippen LogP contribution in [0, 0.1) is 0 Å². The molecular formula is C12H19NO4. The summed E-state index contributed by atoms with van der Waals surface area (Å²) >= 11 is 0. The number of carbonyl (C=O) groups is 2. The van der Waals surface area contributed by atoms with Crippen LogP contribution in [0.2, 0.25) is 0 Å². The Balaban J connectivity index is 3.66. The Morgan fingerprint density at radius 3 is 2.29 bits per heavy atom. The summed E-state index contributed by atoms with van der Waals surface area (Å²) in [6.07, 6.45) is 4.30. The molecule has 0 spiro atoms. The third-order valence-corrected chi connectivity index (χ3v) is 1.69. The average molecular weight is 241 g/mol. The minimum Gasteiger partial charge on any atom is -0.462 e. The predicted molar refractivity (Wildman–Crippen MR) is 64.4 cm³/mol. The molecule has 0 unspecified atom stereocenters. The van der Waals surface area contributed by atoms with E-state index in [0.29, 0.717) is 6.61 Å². The molecule has 0 atom stereocenters. The first-order valence-electron chi connectivity index (χ1n) is 5.33. The van der Waals surface area contributed by atoms with Gasteiger partial charge in [-0.1, -0.05) is 12.7 Å².